The summed E-state index contributed by atoms with van der Waals surface area (Å²) in [7, 11) is 0. The summed E-state index contributed by atoms with van der Waals surface area (Å²) in [6, 6.07) is 0. The van der Waals surface area contributed by atoms with Crippen molar-refractivity contribution in [1.82, 2.24) is 0 Å². The van der Waals surface area contributed by atoms with Gasteiger partial charge in [0.25, 0.3) is 0 Å². The number of unbranched alkanes of at least 4 members (excludes halogenated alkanes) is 9. The SMILES string of the molecule is CC/C=C\C/C=C\C/C=C\C/C=C\C/C=C\CCCCCC(=O)OCC(COC1OC(C(=O)O)C(O)C(O)C1O)OC(=O)CCCCCCC/C=C\CCC. The minimum absolute atomic E-state index is 0.160. The van der Waals surface area contributed by atoms with Crippen molar-refractivity contribution in [1.29, 1.82) is 0 Å². The molecule has 0 aliphatic carbocycles. The Morgan fingerprint density at radius 3 is 1.65 bits per heavy atom. The first-order chi connectivity index (χ1) is 26.7. The van der Waals surface area contributed by atoms with E-state index < -0.39 is 61.3 Å². The second-order valence-electron chi connectivity index (χ2n) is 13.7. The highest BCUT2D eigenvalue weighted by Crippen LogP contribution is 2.23. The zero-order chi connectivity index (χ0) is 40.4. The largest absolute Gasteiger partial charge is 0.479 e. The van der Waals surface area contributed by atoms with Crippen LogP contribution in [0.4, 0.5) is 0 Å². The summed E-state index contributed by atoms with van der Waals surface area (Å²) < 4.78 is 21.6. The third-order valence-corrected chi connectivity index (χ3v) is 8.77. The molecule has 0 bridgehead atoms. The molecule has 4 N–H and O–H groups in total. The maximum atomic E-state index is 12.7. The molecule has 1 rings (SSSR count). The molecule has 0 saturated carbocycles. The average molecular weight is 775 g/mol. The van der Waals surface area contributed by atoms with Crippen molar-refractivity contribution < 1.29 is 53.8 Å². The van der Waals surface area contributed by atoms with Crippen LogP contribution in [0.3, 0.4) is 0 Å². The lowest BCUT2D eigenvalue weighted by Crippen LogP contribution is -2.60. The molecule has 55 heavy (non-hydrogen) atoms. The smallest absolute Gasteiger partial charge is 0.335 e. The predicted octanol–water partition coefficient (Wildman–Crippen LogP) is 8.14. The Labute approximate surface area is 329 Å². The van der Waals surface area contributed by atoms with Crippen LogP contribution in [0.1, 0.15) is 136 Å². The number of aliphatic hydroxyl groups is 3. The molecule has 0 spiro atoms. The lowest BCUT2D eigenvalue weighted by molar-refractivity contribution is -0.298. The Balaban J connectivity index is 2.42. The minimum Gasteiger partial charge on any atom is -0.479 e. The second-order valence-corrected chi connectivity index (χ2v) is 13.7. The van der Waals surface area contributed by atoms with Gasteiger partial charge in [-0.2, -0.15) is 0 Å². The van der Waals surface area contributed by atoms with Crippen molar-refractivity contribution in [3.63, 3.8) is 0 Å². The topological polar surface area (TPSA) is 169 Å². The van der Waals surface area contributed by atoms with Crippen molar-refractivity contribution in [3.8, 4) is 0 Å². The lowest BCUT2D eigenvalue weighted by atomic mass is 9.99. The summed E-state index contributed by atoms with van der Waals surface area (Å²) in [6.45, 7) is 3.56. The maximum Gasteiger partial charge on any atom is 0.335 e. The Bertz CT molecular complexity index is 1190. The van der Waals surface area contributed by atoms with Crippen molar-refractivity contribution >= 4 is 17.9 Å². The predicted molar refractivity (Wildman–Crippen MR) is 215 cm³/mol. The van der Waals surface area contributed by atoms with Crippen LogP contribution in [0.25, 0.3) is 0 Å². The van der Waals surface area contributed by atoms with Gasteiger partial charge in [-0.3, -0.25) is 9.59 Å². The number of carbonyl (C=O) groups excluding carboxylic acids is 2. The molecule has 1 aliphatic heterocycles. The van der Waals surface area contributed by atoms with E-state index in [1.807, 2.05) is 0 Å². The number of hydrogen-bond donors (Lipinski definition) is 4. The first kappa shape index (κ1) is 49.7. The van der Waals surface area contributed by atoms with Gasteiger partial charge >= 0.3 is 17.9 Å². The second kappa shape index (κ2) is 33.9. The molecule has 11 heteroatoms. The molecule has 1 fully saturated rings. The summed E-state index contributed by atoms with van der Waals surface area (Å²) >= 11 is 0. The first-order valence-electron chi connectivity index (χ1n) is 20.5. The molecule has 0 amide bonds. The van der Waals surface area contributed by atoms with Gasteiger partial charge in [-0.1, -0.05) is 119 Å². The van der Waals surface area contributed by atoms with Gasteiger partial charge in [-0.15, -0.1) is 0 Å². The number of esters is 2. The number of carboxylic acid groups (broad SMARTS) is 1. The summed E-state index contributed by atoms with van der Waals surface area (Å²) in [5.41, 5.74) is 0. The molecular weight excluding hydrogens is 704 g/mol. The number of aliphatic hydroxyl groups excluding tert-OH is 3. The number of allylic oxidation sites excluding steroid dienone is 12. The number of aliphatic carboxylic acids is 1. The van der Waals surface area contributed by atoms with Gasteiger partial charge in [0.15, 0.2) is 18.5 Å². The molecule has 0 radical (unpaired) electrons. The van der Waals surface area contributed by atoms with E-state index in [9.17, 15) is 34.8 Å². The van der Waals surface area contributed by atoms with Gasteiger partial charge in [0, 0.05) is 12.8 Å². The summed E-state index contributed by atoms with van der Waals surface area (Å²) in [6.07, 6.45) is 32.5. The molecule has 6 unspecified atom stereocenters. The van der Waals surface area contributed by atoms with Crippen LogP contribution in [-0.2, 0) is 33.3 Å². The van der Waals surface area contributed by atoms with Crippen molar-refractivity contribution in [2.24, 2.45) is 0 Å². The quantitative estimate of drug-likeness (QED) is 0.0296. The highest BCUT2D eigenvalue weighted by molar-refractivity contribution is 5.73. The summed E-state index contributed by atoms with van der Waals surface area (Å²) in [4.78, 5) is 36.6. The third-order valence-electron chi connectivity index (χ3n) is 8.77. The number of ether oxygens (including phenoxy) is 4. The van der Waals surface area contributed by atoms with Crippen LogP contribution in [0, 0.1) is 0 Å². The van der Waals surface area contributed by atoms with Crippen LogP contribution in [-0.4, -0.2) is 88.4 Å². The van der Waals surface area contributed by atoms with Crippen molar-refractivity contribution in [2.75, 3.05) is 13.2 Å². The van der Waals surface area contributed by atoms with Gasteiger partial charge in [-0.05, 0) is 77.0 Å². The third kappa shape index (κ3) is 26.2. The van der Waals surface area contributed by atoms with E-state index in [4.69, 9.17) is 18.9 Å². The number of carboxylic acids is 1. The first-order valence-corrected chi connectivity index (χ1v) is 20.5. The molecule has 312 valence electrons. The molecule has 11 nitrogen and oxygen atoms in total. The molecule has 0 aromatic rings. The van der Waals surface area contributed by atoms with Crippen molar-refractivity contribution in [3.05, 3.63) is 72.9 Å². The molecule has 6 atom stereocenters. The van der Waals surface area contributed by atoms with Crippen LogP contribution in [0.2, 0.25) is 0 Å². The molecule has 1 heterocycles. The van der Waals surface area contributed by atoms with E-state index in [1.54, 1.807) is 0 Å². The minimum atomic E-state index is -1.87. The average Bonchev–Trinajstić information content (AvgIpc) is 3.17. The monoisotopic (exact) mass is 774 g/mol. The van der Waals surface area contributed by atoms with E-state index in [-0.39, 0.29) is 19.4 Å². The van der Waals surface area contributed by atoms with Gasteiger partial charge < -0.3 is 39.4 Å². The van der Waals surface area contributed by atoms with E-state index in [0.717, 1.165) is 96.3 Å². The van der Waals surface area contributed by atoms with E-state index in [1.165, 1.54) is 0 Å². The van der Waals surface area contributed by atoms with Gasteiger partial charge in [0.1, 0.15) is 24.9 Å². The molecule has 0 aromatic carbocycles. The van der Waals surface area contributed by atoms with Gasteiger partial charge in [0.05, 0.1) is 6.61 Å². The van der Waals surface area contributed by atoms with Crippen LogP contribution in [0.15, 0.2) is 72.9 Å². The van der Waals surface area contributed by atoms with Crippen LogP contribution < -0.4 is 0 Å². The number of carbonyl (C=O) groups is 3. The van der Waals surface area contributed by atoms with Crippen molar-refractivity contribution in [2.45, 2.75) is 173 Å². The van der Waals surface area contributed by atoms with E-state index >= 15 is 0 Å². The van der Waals surface area contributed by atoms with Crippen LogP contribution in [0.5, 0.6) is 0 Å². The standard InChI is InChI=1S/C44H70O11/c1-3-5-7-9-11-13-15-16-17-18-19-20-21-22-23-25-26-28-30-32-37(45)52-34-36(35-53-44-41(49)39(47)40(48)42(55-44)43(50)51)54-38(46)33-31-29-27-24-14-12-10-8-6-4-2/h5,7-8,10-11,13,16-17,19-20,22-23,36,39-42,44,47-49H,3-4,6,9,12,14-15,18,21,24-35H2,1-2H3,(H,50,51)/b7-5-,10-8-,13-11-,17-16-,20-19-,23-22-. The van der Waals surface area contributed by atoms with Gasteiger partial charge in [-0.25, -0.2) is 4.79 Å². The number of hydrogen-bond acceptors (Lipinski definition) is 10. The molecular formula is C44H70O11. The fraction of sp³-hybridized carbons (Fsp3) is 0.659. The van der Waals surface area contributed by atoms with Crippen LogP contribution >= 0.6 is 0 Å². The fourth-order valence-corrected chi connectivity index (χ4v) is 5.55. The normalized spacial score (nSPS) is 21.2. The summed E-state index contributed by atoms with van der Waals surface area (Å²) in [5.74, 6) is -2.51. The Morgan fingerprint density at radius 1 is 0.582 bits per heavy atom. The molecule has 1 saturated heterocycles. The van der Waals surface area contributed by atoms with E-state index in [2.05, 4.69) is 86.8 Å². The highest BCUT2D eigenvalue weighted by Gasteiger charge is 2.47. The van der Waals surface area contributed by atoms with E-state index in [0.29, 0.717) is 12.8 Å². The Kier molecular flexibility index (Phi) is 30.7. The fourth-order valence-electron chi connectivity index (χ4n) is 5.55. The lowest BCUT2D eigenvalue weighted by Gasteiger charge is -2.38. The number of rotatable bonds is 32. The zero-order valence-electron chi connectivity index (χ0n) is 33.4. The Hall–Kier alpha value is -3.35. The highest BCUT2D eigenvalue weighted by atomic mass is 16.7. The molecule has 0 aromatic heterocycles. The van der Waals surface area contributed by atoms with Gasteiger partial charge in [0.2, 0.25) is 0 Å². The molecule has 1 aliphatic rings. The zero-order valence-corrected chi connectivity index (χ0v) is 33.4. The summed E-state index contributed by atoms with van der Waals surface area (Å²) in [5, 5.41) is 39.7. The Morgan fingerprint density at radius 2 is 1.07 bits per heavy atom. The maximum absolute atomic E-state index is 12.7.